The van der Waals surface area contributed by atoms with Crippen molar-refractivity contribution < 1.29 is 27.5 Å². The summed E-state index contributed by atoms with van der Waals surface area (Å²) in [6, 6.07) is 14.6. The van der Waals surface area contributed by atoms with E-state index in [1.807, 2.05) is 0 Å². The summed E-state index contributed by atoms with van der Waals surface area (Å²) in [5.41, 5.74) is 1.19. The first-order valence-corrected chi connectivity index (χ1v) is 12.5. The second-order valence-electron chi connectivity index (χ2n) is 9.19. The van der Waals surface area contributed by atoms with Gasteiger partial charge in [-0.2, -0.15) is 5.10 Å². The number of morpholine rings is 1. The van der Waals surface area contributed by atoms with Crippen LogP contribution in [-0.4, -0.2) is 78.3 Å². The Kier molecular flexibility index (Phi) is 7.90. The van der Waals surface area contributed by atoms with E-state index >= 15 is 0 Å². The van der Waals surface area contributed by atoms with Gasteiger partial charge in [0.15, 0.2) is 0 Å². The number of hydrogen-bond acceptors (Lipinski definition) is 6. The first-order chi connectivity index (χ1) is 18.5. The summed E-state index contributed by atoms with van der Waals surface area (Å²) < 4.78 is 39.0. The number of hydrazone groups is 1. The van der Waals surface area contributed by atoms with Gasteiger partial charge < -0.3 is 14.1 Å². The van der Waals surface area contributed by atoms with E-state index in [-0.39, 0.29) is 24.5 Å². The molecule has 10 heteroatoms. The number of carbonyl (C=O) groups is 2. The molecule has 1 unspecified atom stereocenters. The first-order valence-electron chi connectivity index (χ1n) is 12.5. The van der Waals surface area contributed by atoms with Crippen molar-refractivity contribution in [2.45, 2.75) is 12.5 Å². The Labute approximate surface area is 219 Å². The van der Waals surface area contributed by atoms with Crippen molar-refractivity contribution in [2.24, 2.45) is 5.10 Å². The molecule has 0 N–H and O–H groups in total. The number of hydrogen-bond donors (Lipinski definition) is 0. The lowest BCUT2D eigenvalue weighted by Gasteiger charge is -2.31. The number of halogens is 2. The molecule has 1 atom stereocenters. The van der Waals surface area contributed by atoms with Gasteiger partial charge in [-0.25, -0.2) is 13.8 Å². The molecule has 1 aromatic heterocycles. The molecule has 3 heterocycles. The average Bonchev–Trinajstić information content (AvgIpc) is 3.62. The molecule has 1 saturated heterocycles. The number of furan rings is 1. The molecule has 2 amide bonds. The zero-order chi connectivity index (χ0) is 26.5. The Morgan fingerprint density at radius 3 is 2.47 bits per heavy atom. The van der Waals surface area contributed by atoms with Crippen molar-refractivity contribution in [3.8, 4) is 0 Å². The van der Waals surface area contributed by atoms with Gasteiger partial charge >= 0.3 is 0 Å². The lowest BCUT2D eigenvalue weighted by atomic mass is 10.0. The summed E-state index contributed by atoms with van der Waals surface area (Å²) in [5.74, 6) is -1.48. The van der Waals surface area contributed by atoms with Gasteiger partial charge in [-0.05, 0) is 42.0 Å². The van der Waals surface area contributed by atoms with Crippen LogP contribution in [0.2, 0.25) is 0 Å². The minimum atomic E-state index is -0.646. The maximum Gasteiger partial charge on any atom is 0.262 e. The number of nitrogens with zero attached hydrogens (tertiary/aromatic N) is 4. The highest BCUT2D eigenvalue weighted by Crippen LogP contribution is 2.33. The van der Waals surface area contributed by atoms with Crippen molar-refractivity contribution in [3.63, 3.8) is 0 Å². The van der Waals surface area contributed by atoms with E-state index in [2.05, 4.69) is 10.0 Å². The van der Waals surface area contributed by atoms with Crippen molar-refractivity contribution in [1.29, 1.82) is 0 Å². The van der Waals surface area contributed by atoms with Crippen LogP contribution in [-0.2, 0) is 9.53 Å². The summed E-state index contributed by atoms with van der Waals surface area (Å²) in [5, 5.41) is 5.87. The molecule has 38 heavy (non-hydrogen) atoms. The molecule has 0 spiro atoms. The van der Waals surface area contributed by atoms with Crippen LogP contribution in [0.3, 0.4) is 0 Å². The third-order valence-electron chi connectivity index (χ3n) is 6.72. The number of benzene rings is 2. The first kappa shape index (κ1) is 25.7. The third-order valence-corrected chi connectivity index (χ3v) is 6.72. The van der Waals surface area contributed by atoms with E-state index in [1.165, 1.54) is 46.5 Å². The van der Waals surface area contributed by atoms with Crippen molar-refractivity contribution in [1.82, 2.24) is 14.8 Å². The van der Waals surface area contributed by atoms with E-state index in [0.29, 0.717) is 56.3 Å². The molecule has 5 rings (SSSR count). The monoisotopic (exact) mass is 522 g/mol. The summed E-state index contributed by atoms with van der Waals surface area (Å²) in [6.07, 6.45) is 1.88. The maximum absolute atomic E-state index is 14.5. The van der Waals surface area contributed by atoms with Gasteiger partial charge in [0.25, 0.3) is 11.8 Å². The van der Waals surface area contributed by atoms with Gasteiger partial charge in [0.1, 0.15) is 30.0 Å². The minimum absolute atomic E-state index is 0.0956. The van der Waals surface area contributed by atoms with Gasteiger partial charge in [-0.1, -0.05) is 24.3 Å². The van der Waals surface area contributed by atoms with E-state index in [4.69, 9.17) is 9.15 Å². The number of rotatable bonds is 8. The van der Waals surface area contributed by atoms with Crippen molar-refractivity contribution in [2.75, 3.05) is 45.9 Å². The zero-order valence-electron chi connectivity index (χ0n) is 20.8. The Bertz CT molecular complexity index is 1290. The fourth-order valence-corrected chi connectivity index (χ4v) is 4.64. The molecule has 8 nitrogen and oxygen atoms in total. The van der Waals surface area contributed by atoms with Crippen LogP contribution < -0.4 is 0 Å². The fraction of sp³-hybridized carbons (Fsp3) is 0.321. The molecular formula is C28H28F2N4O4. The average molecular weight is 523 g/mol. The van der Waals surface area contributed by atoms with Gasteiger partial charge in [0.05, 0.1) is 30.8 Å². The Morgan fingerprint density at radius 1 is 1.00 bits per heavy atom. The molecule has 198 valence electrons. The van der Waals surface area contributed by atoms with Crippen molar-refractivity contribution in [3.05, 3.63) is 95.4 Å². The molecule has 1 fully saturated rings. The van der Waals surface area contributed by atoms with Crippen LogP contribution in [0, 0.1) is 11.6 Å². The minimum Gasteiger partial charge on any atom is -0.467 e. The highest BCUT2D eigenvalue weighted by molar-refractivity contribution is 6.03. The Balaban J connectivity index is 1.39. The molecule has 2 aliphatic rings. The predicted octanol–water partition coefficient (Wildman–Crippen LogP) is 3.71. The van der Waals surface area contributed by atoms with Crippen LogP contribution >= 0.6 is 0 Å². The van der Waals surface area contributed by atoms with Crippen LogP contribution in [0.1, 0.15) is 34.1 Å². The van der Waals surface area contributed by atoms with Gasteiger partial charge in [-0.3, -0.25) is 14.5 Å². The van der Waals surface area contributed by atoms with Crippen LogP contribution in [0.5, 0.6) is 0 Å². The Morgan fingerprint density at radius 2 is 1.76 bits per heavy atom. The van der Waals surface area contributed by atoms with Crippen LogP contribution in [0.4, 0.5) is 8.78 Å². The number of carbonyl (C=O) groups excluding carboxylic acids is 2. The predicted molar refractivity (Wildman–Crippen MR) is 135 cm³/mol. The summed E-state index contributed by atoms with van der Waals surface area (Å²) in [7, 11) is 0. The fourth-order valence-electron chi connectivity index (χ4n) is 4.64. The highest BCUT2D eigenvalue weighted by Gasteiger charge is 2.36. The third kappa shape index (κ3) is 5.81. The second-order valence-corrected chi connectivity index (χ2v) is 9.19. The zero-order valence-corrected chi connectivity index (χ0v) is 20.8. The molecule has 0 bridgehead atoms. The molecule has 0 radical (unpaired) electrons. The lowest BCUT2D eigenvalue weighted by molar-refractivity contribution is -0.134. The van der Waals surface area contributed by atoms with E-state index < -0.39 is 23.7 Å². The van der Waals surface area contributed by atoms with Crippen LogP contribution in [0.25, 0.3) is 0 Å². The van der Waals surface area contributed by atoms with Gasteiger partial charge in [-0.15, -0.1) is 0 Å². The summed E-state index contributed by atoms with van der Waals surface area (Å²) in [6.45, 7) is 3.07. The highest BCUT2D eigenvalue weighted by atomic mass is 19.1. The van der Waals surface area contributed by atoms with Gasteiger partial charge in [0.2, 0.25) is 0 Å². The summed E-state index contributed by atoms with van der Waals surface area (Å²) in [4.78, 5) is 30.6. The number of amides is 2. The maximum atomic E-state index is 14.5. The SMILES string of the molecule is O=C(c1ccccc1F)N(CCN1CCOCC1)CC(=O)N1N=C(c2ccc(F)cc2)CC1c1ccco1. The molecule has 2 aromatic carbocycles. The van der Waals surface area contributed by atoms with E-state index in [9.17, 15) is 18.4 Å². The van der Waals surface area contributed by atoms with E-state index in [0.717, 1.165) is 0 Å². The van der Waals surface area contributed by atoms with Gasteiger partial charge in [0, 0.05) is 32.6 Å². The topological polar surface area (TPSA) is 78.6 Å². The lowest BCUT2D eigenvalue weighted by Crippen LogP contribution is -2.46. The molecule has 3 aromatic rings. The molecule has 2 aliphatic heterocycles. The molecular weight excluding hydrogens is 494 g/mol. The summed E-state index contributed by atoms with van der Waals surface area (Å²) >= 11 is 0. The second kappa shape index (κ2) is 11.7. The quantitative estimate of drug-likeness (QED) is 0.451. The smallest absolute Gasteiger partial charge is 0.262 e. The molecule has 0 aliphatic carbocycles. The normalized spacial score (nSPS) is 17.9. The number of ether oxygens (including phenoxy) is 1. The standard InChI is InChI=1S/C28H28F2N4O4/c29-21-9-7-20(8-10-21)24-18-25(26-6-3-15-38-26)34(31-24)27(35)19-33(12-11-32-13-16-37-17-14-32)28(36)22-4-1-2-5-23(22)30/h1-10,15,25H,11-14,16-19H2. The van der Waals surface area contributed by atoms with E-state index in [1.54, 1.807) is 30.3 Å². The largest absolute Gasteiger partial charge is 0.467 e. The molecule has 0 saturated carbocycles. The Hall–Kier alpha value is -3.89. The van der Waals surface area contributed by atoms with Crippen molar-refractivity contribution >= 4 is 17.5 Å². The van der Waals surface area contributed by atoms with Crippen LogP contribution in [0.15, 0.2) is 76.4 Å².